The molecular weight excluding hydrogens is 451 g/mol. The second-order valence-corrected chi connectivity index (χ2v) is 8.56. The van der Waals surface area contributed by atoms with Crippen LogP contribution < -0.4 is 5.32 Å². The van der Waals surface area contributed by atoms with Gasteiger partial charge in [0, 0.05) is 19.3 Å². The van der Waals surface area contributed by atoms with E-state index in [1.165, 1.54) is 17.3 Å². The summed E-state index contributed by atoms with van der Waals surface area (Å²) in [5, 5.41) is 29.4. The molecule has 9 nitrogen and oxygen atoms in total. The van der Waals surface area contributed by atoms with Crippen LogP contribution in [0.5, 0.6) is 0 Å². The van der Waals surface area contributed by atoms with E-state index in [0.717, 1.165) is 12.1 Å². The summed E-state index contributed by atoms with van der Waals surface area (Å²) in [5.41, 5.74) is 0.490. The van der Waals surface area contributed by atoms with Crippen molar-refractivity contribution in [3.63, 3.8) is 0 Å². The van der Waals surface area contributed by atoms with E-state index in [4.69, 9.17) is 0 Å². The number of H-pyrrole nitrogens is 1. The number of hydrogen-bond acceptors (Lipinski definition) is 7. The Morgan fingerprint density at radius 2 is 2.06 bits per heavy atom. The number of rotatable bonds is 4. The van der Waals surface area contributed by atoms with Gasteiger partial charge in [-0.05, 0) is 23.8 Å². The number of amides is 1. The standard InChI is InChI=1S/C22H20F3N7O2/c23-11-2-1-10(7-26)14(3-11)16-5-13(25)8-32(16)22(34)19-18-20(27-9-28-21(18)31-30-19)29-15-4-12(24)6-17(15)33/h1-3,9,12-13,15-17,33H,4-6,8H2,(H2,27,28,29,30,31)/t12-,13+,15-,16-,17-/m1/s1. The number of hydrogen-bond donors (Lipinski definition) is 3. The SMILES string of the molecule is N#Cc1ccc(F)cc1[C@H]1C[C@H](F)CN1C(=O)c1[nH]nc2ncnc(N[C@@H]3C[C@@H](F)C[C@H]3O)c12. The summed E-state index contributed by atoms with van der Waals surface area (Å²) in [7, 11) is 0. The van der Waals surface area contributed by atoms with Crippen LogP contribution in [0.25, 0.3) is 11.0 Å². The van der Waals surface area contributed by atoms with Crippen molar-refractivity contribution in [1.82, 2.24) is 25.1 Å². The molecule has 2 aromatic heterocycles. The molecule has 3 aromatic rings. The lowest BCUT2D eigenvalue weighted by atomic mass is 9.98. The Kier molecular flexibility index (Phi) is 5.57. The summed E-state index contributed by atoms with van der Waals surface area (Å²) in [4.78, 5) is 23.0. The molecule has 2 aliphatic rings. The van der Waals surface area contributed by atoms with Gasteiger partial charge in [-0.2, -0.15) is 10.4 Å². The van der Waals surface area contributed by atoms with E-state index in [-0.39, 0.29) is 59.5 Å². The molecular formula is C22H20F3N7O2. The fourth-order valence-electron chi connectivity index (χ4n) is 4.76. The molecule has 0 radical (unpaired) electrons. The van der Waals surface area contributed by atoms with E-state index in [2.05, 4.69) is 25.5 Å². The zero-order valence-electron chi connectivity index (χ0n) is 17.8. The predicted molar refractivity (Wildman–Crippen MR) is 114 cm³/mol. The van der Waals surface area contributed by atoms with E-state index >= 15 is 0 Å². The zero-order valence-corrected chi connectivity index (χ0v) is 17.8. The summed E-state index contributed by atoms with van der Waals surface area (Å²) in [6.07, 6.45) is -2.28. The van der Waals surface area contributed by atoms with Gasteiger partial charge in [-0.15, -0.1) is 0 Å². The lowest BCUT2D eigenvalue weighted by molar-refractivity contribution is 0.0724. The summed E-state index contributed by atoms with van der Waals surface area (Å²) in [5.74, 6) is -1.05. The molecule has 12 heteroatoms. The average molecular weight is 471 g/mol. The summed E-state index contributed by atoms with van der Waals surface area (Å²) < 4.78 is 42.2. The zero-order chi connectivity index (χ0) is 24.0. The van der Waals surface area contributed by atoms with Gasteiger partial charge in [0.2, 0.25) is 0 Å². The second kappa shape index (κ2) is 8.57. The van der Waals surface area contributed by atoms with Crippen LogP contribution in [0.3, 0.4) is 0 Å². The maximum atomic E-state index is 14.5. The normalized spacial score (nSPS) is 26.7. The van der Waals surface area contributed by atoms with Gasteiger partial charge in [0.15, 0.2) is 5.65 Å². The third kappa shape index (κ3) is 3.81. The Morgan fingerprint density at radius 1 is 1.24 bits per heavy atom. The van der Waals surface area contributed by atoms with Crippen LogP contribution in [-0.2, 0) is 0 Å². The molecule has 2 fully saturated rings. The van der Waals surface area contributed by atoms with Gasteiger partial charge >= 0.3 is 0 Å². The topological polar surface area (TPSA) is 131 Å². The van der Waals surface area contributed by atoms with Crippen LogP contribution in [0.2, 0.25) is 0 Å². The number of halogens is 3. The Labute approximate surface area is 191 Å². The van der Waals surface area contributed by atoms with Crippen molar-refractivity contribution in [2.75, 3.05) is 11.9 Å². The summed E-state index contributed by atoms with van der Waals surface area (Å²) in [6, 6.07) is 4.05. The maximum absolute atomic E-state index is 14.5. The second-order valence-electron chi connectivity index (χ2n) is 8.56. The number of aliphatic hydroxyl groups is 1. The average Bonchev–Trinajstić information content (AvgIpc) is 3.50. The predicted octanol–water partition coefficient (Wildman–Crippen LogP) is 2.56. The van der Waals surface area contributed by atoms with Crippen molar-refractivity contribution >= 4 is 22.8 Å². The molecule has 1 saturated heterocycles. The number of aliphatic hydroxyl groups excluding tert-OH is 1. The number of aromatic nitrogens is 4. The van der Waals surface area contributed by atoms with Gasteiger partial charge in [0.05, 0.1) is 41.8 Å². The highest BCUT2D eigenvalue weighted by Crippen LogP contribution is 2.38. The number of fused-ring (bicyclic) bond motifs is 1. The molecule has 3 heterocycles. The molecule has 1 amide bonds. The van der Waals surface area contributed by atoms with E-state index in [9.17, 15) is 28.3 Å². The van der Waals surface area contributed by atoms with Crippen LogP contribution in [0.1, 0.15) is 46.9 Å². The molecule has 5 rings (SSSR count). The third-order valence-electron chi connectivity index (χ3n) is 6.36. The van der Waals surface area contributed by atoms with Gasteiger partial charge in [0.25, 0.3) is 5.91 Å². The number of likely N-dealkylation sites (tertiary alicyclic amines) is 1. The highest BCUT2D eigenvalue weighted by Gasteiger charge is 2.40. The van der Waals surface area contributed by atoms with E-state index in [1.54, 1.807) is 0 Å². The van der Waals surface area contributed by atoms with Gasteiger partial charge < -0.3 is 15.3 Å². The molecule has 0 unspecified atom stereocenters. The van der Waals surface area contributed by atoms with Crippen molar-refractivity contribution in [2.45, 2.75) is 49.8 Å². The molecule has 1 aliphatic heterocycles. The van der Waals surface area contributed by atoms with Gasteiger partial charge in [-0.3, -0.25) is 9.89 Å². The molecule has 1 aromatic carbocycles. The number of nitriles is 1. The van der Waals surface area contributed by atoms with Gasteiger partial charge in [-0.25, -0.2) is 23.1 Å². The Balaban J connectivity index is 1.52. The minimum Gasteiger partial charge on any atom is -0.391 e. The molecule has 1 saturated carbocycles. The molecule has 5 atom stereocenters. The number of nitrogens with zero attached hydrogens (tertiary/aromatic N) is 5. The third-order valence-corrected chi connectivity index (χ3v) is 6.36. The van der Waals surface area contributed by atoms with Crippen LogP contribution in [-0.4, -0.2) is 67.1 Å². The molecule has 34 heavy (non-hydrogen) atoms. The van der Waals surface area contributed by atoms with E-state index in [0.29, 0.717) is 0 Å². The highest BCUT2D eigenvalue weighted by molar-refractivity contribution is 6.08. The highest BCUT2D eigenvalue weighted by atomic mass is 19.1. The van der Waals surface area contributed by atoms with Gasteiger partial charge in [0.1, 0.15) is 36.0 Å². The molecule has 0 bridgehead atoms. The first kappa shape index (κ1) is 22.1. The first-order valence-corrected chi connectivity index (χ1v) is 10.8. The Bertz CT molecular complexity index is 1290. The van der Waals surface area contributed by atoms with Crippen LogP contribution >= 0.6 is 0 Å². The van der Waals surface area contributed by atoms with Crippen molar-refractivity contribution < 1.29 is 23.1 Å². The van der Waals surface area contributed by atoms with E-state index in [1.807, 2.05) is 6.07 Å². The van der Waals surface area contributed by atoms with Crippen LogP contribution in [0, 0.1) is 17.1 Å². The number of benzene rings is 1. The Hall–Kier alpha value is -3.72. The fourth-order valence-corrected chi connectivity index (χ4v) is 4.76. The van der Waals surface area contributed by atoms with Crippen molar-refractivity contribution in [3.05, 3.63) is 47.2 Å². The largest absolute Gasteiger partial charge is 0.391 e. The van der Waals surface area contributed by atoms with Crippen LogP contribution in [0.15, 0.2) is 24.5 Å². The quantitative estimate of drug-likeness (QED) is 0.533. The number of aromatic amines is 1. The van der Waals surface area contributed by atoms with Crippen molar-refractivity contribution in [1.29, 1.82) is 5.26 Å². The molecule has 1 aliphatic carbocycles. The van der Waals surface area contributed by atoms with E-state index < -0.39 is 42.3 Å². The number of carbonyl (C=O) groups is 1. The Morgan fingerprint density at radius 3 is 2.79 bits per heavy atom. The summed E-state index contributed by atoms with van der Waals surface area (Å²) in [6.45, 7) is -0.257. The lowest BCUT2D eigenvalue weighted by Crippen LogP contribution is -2.32. The number of anilines is 1. The van der Waals surface area contributed by atoms with Crippen LogP contribution in [0.4, 0.5) is 19.0 Å². The van der Waals surface area contributed by atoms with Gasteiger partial charge in [-0.1, -0.05) is 0 Å². The number of alkyl halides is 2. The summed E-state index contributed by atoms with van der Waals surface area (Å²) >= 11 is 0. The smallest absolute Gasteiger partial charge is 0.273 e. The lowest BCUT2D eigenvalue weighted by Gasteiger charge is -2.25. The maximum Gasteiger partial charge on any atom is 0.273 e. The number of carbonyl (C=O) groups excluding carboxylic acids is 1. The molecule has 0 spiro atoms. The first-order valence-electron chi connectivity index (χ1n) is 10.8. The monoisotopic (exact) mass is 471 g/mol. The first-order chi connectivity index (χ1) is 16.4. The van der Waals surface area contributed by atoms with Crippen molar-refractivity contribution in [2.24, 2.45) is 0 Å². The fraction of sp³-hybridized carbons (Fsp3) is 0.409. The molecule has 3 N–H and O–H groups in total. The van der Waals surface area contributed by atoms with Crippen molar-refractivity contribution in [3.8, 4) is 6.07 Å². The number of nitrogens with one attached hydrogen (secondary N) is 2. The minimum atomic E-state index is -1.37. The molecule has 176 valence electrons. The minimum absolute atomic E-state index is 0.00866.